The number of likely N-dealkylation sites (N-methyl/N-ethyl adjacent to an activating group) is 1. The third kappa shape index (κ3) is 18.8. The van der Waals surface area contributed by atoms with Gasteiger partial charge < -0.3 is 85.1 Å². The fraction of sp³-hybridized carbons (Fsp3) is 0.554. The molecule has 3 aromatic rings. The Balaban J connectivity index is 1.19. The molecule has 4 aliphatic rings. The van der Waals surface area contributed by atoms with Crippen molar-refractivity contribution in [3.63, 3.8) is 0 Å². The summed E-state index contributed by atoms with van der Waals surface area (Å²) in [5.74, 6) is -1.69. The fourth-order valence-electron chi connectivity index (χ4n) is 10.2. The Kier molecular flexibility index (Phi) is 22.4. The molecule has 31 heteroatoms. The van der Waals surface area contributed by atoms with Gasteiger partial charge in [0.15, 0.2) is 6.29 Å². The number of hydrogen-bond donors (Lipinski definition) is 9. The molecule has 12 atom stereocenters. The van der Waals surface area contributed by atoms with Gasteiger partial charge >= 0.3 is 24.4 Å². The first-order chi connectivity index (χ1) is 41.2. The fourth-order valence-corrected chi connectivity index (χ4v) is 10.2. The van der Waals surface area contributed by atoms with Gasteiger partial charge in [-0.15, -0.1) is 0 Å². The number of benzene rings is 3. The van der Waals surface area contributed by atoms with Gasteiger partial charge in [-0.05, 0) is 131 Å². The lowest BCUT2D eigenvalue weighted by atomic mass is 9.72. The molecule has 2 saturated carbocycles. The normalized spacial score (nSPS) is 25.6. The Labute approximate surface area is 498 Å². The number of aliphatic hydroxyl groups is 4. The number of nitrogens with zero attached hydrogens (tertiary/aromatic N) is 4. The monoisotopic (exact) mass is 1220 g/mol. The minimum Gasteiger partial charge on any atom is -0.491 e. The summed E-state index contributed by atoms with van der Waals surface area (Å²) in [6, 6.07) is 10.2. The van der Waals surface area contributed by atoms with Crippen LogP contribution in [0.1, 0.15) is 76.5 Å². The molecule has 2 aliphatic carbocycles. The van der Waals surface area contributed by atoms with Gasteiger partial charge in [0.25, 0.3) is 17.1 Å². The van der Waals surface area contributed by atoms with Crippen molar-refractivity contribution in [3.8, 4) is 0 Å². The molecule has 2 heterocycles. The zero-order valence-electron chi connectivity index (χ0n) is 48.3. The number of alkyl carbamates (subject to hydrolysis) is 3. The Morgan fingerprint density at radius 3 is 1.75 bits per heavy atom. The highest BCUT2D eigenvalue weighted by molar-refractivity contribution is 5.81. The quantitative estimate of drug-likeness (QED) is 0.0351. The van der Waals surface area contributed by atoms with Crippen LogP contribution in [0.15, 0.2) is 84.6 Å². The van der Waals surface area contributed by atoms with E-state index in [1.54, 1.807) is 26.8 Å². The van der Waals surface area contributed by atoms with E-state index in [1.807, 2.05) is 0 Å². The van der Waals surface area contributed by atoms with Gasteiger partial charge in [-0.3, -0.25) is 35.1 Å². The van der Waals surface area contributed by atoms with Crippen molar-refractivity contribution in [3.05, 3.63) is 132 Å². The van der Waals surface area contributed by atoms with Crippen LogP contribution in [0.25, 0.3) is 0 Å². The van der Waals surface area contributed by atoms with Gasteiger partial charge in [0.2, 0.25) is 5.91 Å². The number of amides is 5. The average Bonchev–Trinajstić information content (AvgIpc) is 1.51. The number of rotatable bonds is 24. The summed E-state index contributed by atoms with van der Waals surface area (Å²) in [5.41, 5.74) is -2.39. The van der Waals surface area contributed by atoms with Gasteiger partial charge in [-0.1, -0.05) is 0 Å². The highest BCUT2D eigenvalue weighted by Gasteiger charge is 2.56. The van der Waals surface area contributed by atoms with Crippen molar-refractivity contribution < 1.29 is 92.3 Å². The molecule has 1 saturated heterocycles. The molecule has 9 N–H and O–H groups in total. The lowest BCUT2D eigenvalue weighted by Gasteiger charge is -2.52. The highest BCUT2D eigenvalue weighted by atomic mass is 16.7. The number of aliphatic hydroxyl groups excluding tert-OH is 3. The lowest BCUT2D eigenvalue weighted by Crippen LogP contribution is -2.71. The van der Waals surface area contributed by atoms with E-state index in [1.165, 1.54) is 86.8 Å². The Bertz CT molecular complexity index is 2940. The van der Waals surface area contributed by atoms with E-state index in [-0.39, 0.29) is 49.8 Å². The topological polar surface area (TPSA) is 424 Å². The lowest BCUT2D eigenvalue weighted by molar-refractivity contribution is -0.385. The molecule has 5 amide bonds. The number of carbonyl (C=O) groups is 5. The van der Waals surface area contributed by atoms with Crippen LogP contribution in [0.5, 0.6) is 0 Å². The molecule has 2 aliphatic heterocycles. The van der Waals surface area contributed by atoms with Crippen LogP contribution in [0.2, 0.25) is 0 Å². The number of nitro groups is 3. The SMILES string of the molecule is CN(C(=O)OC(C)(C)C)[C@@H]1[C@@H](O)[C@@H](O[C@@H]2[C@@H](O)[C@H](C3OC(CNCC4CC4)=CC[C@H]3NC(=O)OCc3ccc([N+](=O)[O-])cc3)[C@@H](NC(=O)OCc3ccc([N+](=O)[O-])cc3)C[C@H]2NC(=O)[C@H](O)CCNC(=O)OCc2ccc([N+](=O)[O-])cc2)OC[C@]1(C)O. The zero-order chi connectivity index (χ0) is 63.3. The van der Waals surface area contributed by atoms with Crippen molar-refractivity contribution >= 4 is 47.3 Å². The minimum absolute atomic E-state index is 0.0347. The van der Waals surface area contributed by atoms with E-state index < -0.39 is 149 Å². The van der Waals surface area contributed by atoms with Crippen LogP contribution in [-0.4, -0.2) is 176 Å². The zero-order valence-corrected chi connectivity index (χ0v) is 48.3. The second kappa shape index (κ2) is 29.4. The summed E-state index contributed by atoms with van der Waals surface area (Å²) in [7, 11) is 1.27. The van der Waals surface area contributed by atoms with Gasteiger partial charge in [-0.2, -0.15) is 0 Å². The van der Waals surface area contributed by atoms with Gasteiger partial charge in [0.1, 0.15) is 61.2 Å². The van der Waals surface area contributed by atoms with E-state index in [9.17, 15) is 74.7 Å². The van der Waals surface area contributed by atoms with Crippen molar-refractivity contribution in [2.45, 2.75) is 152 Å². The van der Waals surface area contributed by atoms with Crippen LogP contribution in [0, 0.1) is 42.2 Å². The largest absolute Gasteiger partial charge is 0.491 e. The summed E-state index contributed by atoms with van der Waals surface area (Å²) in [5, 5.41) is 95.8. The number of carbonyl (C=O) groups excluding carboxylic acids is 5. The standard InChI is InChI=1S/C56H73N9O22/c1-55(2,3)87-54(73)62(5)48-45(68)50(84-30-56(48,4)74)86-47-41(59-49(69)42(66)22-23-58-51(70)81-27-32-8-14-35(15-9-32)63(75)76)24-40(61-53(72)83-29-34-12-18-37(19-13-34)65(79)80)43(44(47)67)46-39(21-20-38(85-46)26-57-25-31-6-7-31)60-52(71)82-28-33-10-16-36(17-11-33)64(77)78/h8-20,31,39-48,50,57,66-68,74H,6-7,21-30H2,1-5H3,(H,58,70)(H,59,69)(H,60,71)(H,61,72)/t39-,40+,41-,42-,43-,44+,45-,46?,47+,48-,50-,56+/m1/s1. The molecule has 3 aromatic carbocycles. The van der Waals surface area contributed by atoms with Gasteiger partial charge in [0.05, 0.1) is 52.2 Å². The molecule has 87 heavy (non-hydrogen) atoms. The first-order valence-electron chi connectivity index (χ1n) is 28.0. The van der Waals surface area contributed by atoms with Crippen LogP contribution < -0.4 is 26.6 Å². The summed E-state index contributed by atoms with van der Waals surface area (Å²) in [4.78, 5) is 101. The molecule has 0 spiro atoms. The molecule has 3 fully saturated rings. The number of nitrogens with one attached hydrogen (secondary N) is 5. The molecule has 1 unspecified atom stereocenters. The van der Waals surface area contributed by atoms with E-state index in [0.717, 1.165) is 17.7 Å². The maximum absolute atomic E-state index is 14.2. The van der Waals surface area contributed by atoms with E-state index in [2.05, 4.69) is 26.6 Å². The second-order valence-electron chi connectivity index (χ2n) is 22.9. The summed E-state index contributed by atoms with van der Waals surface area (Å²) in [6.07, 6.45) is -11.7. The Morgan fingerprint density at radius 1 is 0.747 bits per heavy atom. The third-order valence-electron chi connectivity index (χ3n) is 14.8. The third-order valence-corrected chi connectivity index (χ3v) is 14.8. The average molecular weight is 1220 g/mol. The van der Waals surface area contributed by atoms with Crippen molar-refractivity contribution in [1.82, 2.24) is 31.5 Å². The van der Waals surface area contributed by atoms with Crippen molar-refractivity contribution in [1.29, 1.82) is 0 Å². The minimum atomic E-state index is -1.95. The summed E-state index contributed by atoms with van der Waals surface area (Å²) >= 11 is 0. The van der Waals surface area contributed by atoms with Crippen LogP contribution in [0.3, 0.4) is 0 Å². The molecule has 7 rings (SSSR count). The first-order valence-corrected chi connectivity index (χ1v) is 28.0. The number of ether oxygens (including phenoxy) is 7. The Hall–Kier alpha value is -8.33. The predicted octanol–water partition coefficient (Wildman–Crippen LogP) is 3.61. The van der Waals surface area contributed by atoms with Gasteiger partial charge in [0, 0.05) is 62.0 Å². The highest BCUT2D eigenvalue weighted by Crippen LogP contribution is 2.39. The molecule has 0 aromatic heterocycles. The predicted molar refractivity (Wildman–Crippen MR) is 301 cm³/mol. The number of nitro benzene ring substituents is 3. The van der Waals surface area contributed by atoms with E-state index in [0.29, 0.717) is 34.9 Å². The maximum Gasteiger partial charge on any atom is 0.410 e. The number of non-ortho nitro benzene ring substituents is 3. The smallest absolute Gasteiger partial charge is 0.410 e. The molecule has 0 bridgehead atoms. The first kappa shape index (κ1) is 66.2. The molecule has 31 nitrogen and oxygen atoms in total. The summed E-state index contributed by atoms with van der Waals surface area (Å²) < 4.78 is 41.0. The van der Waals surface area contributed by atoms with Crippen molar-refractivity contribution in [2.24, 2.45) is 11.8 Å². The maximum atomic E-state index is 14.2. The molecule has 0 radical (unpaired) electrons. The molecule has 474 valence electrons. The van der Waals surface area contributed by atoms with Crippen LogP contribution in [0.4, 0.5) is 36.2 Å². The number of hydrogen-bond acceptors (Lipinski definition) is 23. The second-order valence-corrected chi connectivity index (χ2v) is 22.9. The van der Waals surface area contributed by atoms with E-state index >= 15 is 0 Å². The van der Waals surface area contributed by atoms with Crippen molar-refractivity contribution in [2.75, 3.05) is 33.3 Å². The van der Waals surface area contributed by atoms with Crippen LogP contribution >= 0.6 is 0 Å². The Morgan fingerprint density at radius 2 is 1.25 bits per heavy atom. The van der Waals surface area contributed by atoms with E-state index in [4.69, 9.17) is 33.2 Å². The molecular weight excluding hydrogens is 1150 g/mol. The van der Waals surface area contributed by atoms with Crippen LogP contribution in [-0.2, 0) is 57.8 Å². The summed E-state index contributed by atoms with van der Waals surface area (Å²) in [6.45, 7) is 5.01. The molecular formula is C56H73N9O22. The van der Waals surface area contributed by atoms with Gasteiger partial charge in [-0.25, -0.2) is 19.2 Å².